The van der Waals surface area contributed by atoms with E-state index in [-0.39, 0.29) is 0 Å². The summed E-state index contributed by atoms with van der Waals surface area (Å²) in [4.78, 5) is 5.77. The fourth-order valence-corrected chi connectivity index (χ4v) is 2.80. The first-order valence-electron chi connectivity index (χ1n) is 7.66. The van der Waals surface area contributed by atoms with E-state index in [0.717, 1.165) is 36.4 Å². The molecule has 0 aliphatic rings. The SMILES string of the molecule is CCNC(=NCCn1cccn1)NCCSc1ccc(Cl)cc1. The van der Waals surface area contributed by atoms with Crippen LogP contribution in [0, 0.1) is 0 Å². The molecule has 0 aliphatic carbocycles. The molecule has 1 aromatic heterocycles. The summed E-state index contributed by atoms with van der Waals surface area (Å²) >= 11 is 7.68. The van der Waals surface area contributed by atoms with Crippen molar-refractivity contribution in [2.24, 2.45) is 4.99 Å². The van der Waals surface area contributed by atoms with Gasteiger partial charge in [-0.15, -0.1) is 11.8 Å². The van der Waals surface area contributed by atoms with Crippen molar-refractivity contribution in [2.45, 2.75) is 18.4 Å². The Morgan fingerprint density at radius 3 is 2.83 bits per heavy atom. The van der Waals surface area contributed by atoms with Gasteiger partial charge in [-0.05, 0) is 37.3 Å². The van der Waals surface area contributed by atoms with E-state index in [1.807, 2.05) is 41.2 Å². The van der Waals surface area contributed by atoms with Crippen LogP contribution in [0.1, 0.15) is 6.92 Å². The van der Waals surface area contributed by atoms with Gasteiger partial charge in [-0.2, -0.15) is 5.10 Å². The second-order valence-corrected chi connectivity index (χ2v) is 6.36. The third-order valence-electron chi connectivity index (χ3n) is 2.98. The standard InChI is InChI=1S/C16H22ClN5S/c1-2-18-16(19-9-12-22-11-3-8-21-22)20-10-13-23-15-6-4-14(17)5-7-15/h3-8,11H,2,9-10,12-13H2,1H3,(H2,18,19,20). The lowest BCUT2D eigenvalue weighted by Crippen LogP contribution is -2.38. The van der Waals surface area contributed by atoms with Gasteiger partial charge >= 0.3 is 0 Å². The Bertz CT molecular complexity index is 583. The predicted octanol–water partition coefficient (Wildman–Crippen LogP) is 2.88. The zero-order chi connectivity index (χ0) is 16.3. The Morgan fingerprint density at radius 1 is 1.30 bits per heavy atom. The van der Waals surface area contributed by atoms with Gasteiger partial charge < -0.3 is 10.6 Å². The van der Waals surface area contributed by atoms with E-state index in [4.69, 9.17) is 11.6 Å². The Kier molecular flexibility index (Phi) is 7.83. The van der Waals surface area contributed by atoms with Crippen molar-refractivity contribution in [2.75, 3.05) is 25.4 Å². The molecule has 5 nitrogen and oxygen atoms in total. The molecule has 0 atom stereocenters. The van der Waals surface area contributed by atoms with E-state index in [1.54, 1.807) is 18.0 Å². The molecule has 2 rings (SSSR count). The highest BCUT2D eigenvalue weighted by molar-refractivity contribution is 7.99. The van der Waals surface area contributed by atoms with Crippen LogP contribution in [0.4, 0.5) is 0 Å². The lowest BCUT2D eigenvalue weighted by molar-refractivity contribution is 0.622. The molecule has 0 fully saturated rings. The van der Waals surface area contributed by atoms with Gasteiger partial charge in [0, 0.05) is 41.2 Å². The topological polar surface area (TPSA) is 54.2 Å². The Balaban J connectivity index is 1.69. The van der Waals surface area contributed by atoms with Crippen LogP contribution in [-0.4, -0.2) is 41.1 Å². The van der Waals surface area contributed by atoms with Gasteiger partial charge in [0.15, 0.2) is 5.96 Å². The summed E-state index contributed by atoms with van der Waals surface area (Å²) in [6.07, 6.45) is 3.72. The van der Waals surface area contributed by atoms with Crippen molar-refractivity contribution in [3.05, 3.63) is 47.7 Å². The fourth-order valence-electron chi connectivity index (χ4n) is 1.91. The van der Waals surface area contributed by atoms with E-state index in [0.29, 0.717) is 6.54 Å². The second kappa shape index (κ2) is 10.2. The Labute approximate surface area is 146 Å². The molecule has 7 heteroatoms. The number of aromatic nitrogens is 2. The van der Waals surface area contributed by atoms with Crippen LogP contribution in [-0.2, 0) is 6.54 Å². The first kappa shape index (κ1) is 17.7. The van der Waals surface area contributed by atoms with Gasteiger partial charge in [0.25, 0.3) is 0 Å². The van der Waals surface area contributed by atoms with Crippen molar-refractivity contribution >= 4 is 29.3 Å². The average Bonchev–Trinajstić information content (AvgIpc) is 3.06. The molecule has 1 aromatic carbocycles. The van der Waals surface area contributed by atoms with Crippen molar-refractivity contribution in [1.29, 1.82) is 0 Å². The van der Waals surface area contributed by atoms with E-state index in [2.05, 4.69) is 27.6 Å². The van der Waals surface area contributed by atoms with Crippen molar-refractivity contribution in [1.82, 2.24) is 20.4 Å². The minimum atomic E-state index is 0.696. The van der Waals surface area contributed by atoms with E-state index < -0.39 is 0 Å². The molecular formula is C16H22ClN5S. The highest BCUT2D eigenvalue weighted by Crippen LogP contribution is 2.19. The third kappa shape index (κ3) is 6.97. The molecule has 2 aromatic rings. The molecule has 23 heavy (non-hydrogen) atoms. The molecule has 0 saturated heterocycles. The molecule has 0 spiro atoms. The summed E-state index contributed by atoms with van der Waals surface area (Å²) in [6.45, 7) is 5.23. The van der Waals surface area contributed by atoms with Crippen molar-refractivity contribution in [3.8, 4) is 0 Å². The normalized spacial score (nSPS) is 11.5. The van der Waals surface area contributed by atoms with Gasteiger partial charge in [-0.1, -0.05) is 11.6 Å². The summed E-state index contributed by atoms with van der Waals surface area (Å²) in [5.74, 6) is 1.81. The summed E-state index contributed by atoms with van der Waals surface area (Å²) in [6, 6.07) is 9.82. The van der Waals surface area contributed by atoms with Crippen molar-refractivity contribution < 1.29 is 0 Å². The lowest BCUT2D eigenvalue weighted by atomic mass is 10.4. The largest absolute Gasteiger partial charge is 0.357 e. The molecule has 0 bridgehead atoms. The van der Waals surface area contributed by atoms with Crippen LogP contribution in [0.15, 0.2) is 52.6 Å². The first-order chi connectivity index (χ1) is 11.3. The molecule has 2 N–H and O–H groups in total. The van der Waals surface area contributed by atoms with E-state index in [1.165, 1.54) is 4.90 Å². The highest BCUT2D eigenvalue weighted by atomic mass is 35.5. The van der Waals surface area contributed by atoms with Crippen LogP contribution in [0.5, 0.6) is 0 Å². The van der Waals surface area contributed by atoms with E-state index in [9.17, 15) is 0 Å². The first-order valence-corrected chi connectivity index (χ1v) is 9.02. The van der Waals surface area contributed by atoms with Crippen LogP contribution < -0.4 is 10.6 Å². The highest BCUT2D eigenvalue weighted by Gasteiger charge is 1.98. The van der Waals surface area contributed by atoms with E-state index >= 15 is 0 Å². The molecule has 1 heterocycles. The second-order valence-electron chi connectivity index (χ2n) is 4.76. The van der Waals surface area contributed by atoms with Crippen LogP contribution in [0.25, 0.3) is 0 Å². The number of hydrogen-bond acceptors (Lipinski definition) is 3. The summed E-state index contributed by atoms with van der Waals surface area (Å²) < 4.78 is 1.88. The minimum absolute atomic E-state index is 0.696. The number of aliphatic imine (C=N–C) groups is 1. The van der Waals surface area contributed by atoms with Crippen LogP contribution >= 0.6 is 23.4 Å². The Morgan fingerprint density at radius 2 is 2.13 bits per heavy atom. The summed E-state index contributed by atoms with van der Waals surface area (Å²) in [5, 5.41) is 11.5. The van der Waals surface area contributed by atoms with Crippen LogP contribution in [0.3, 0.4) is 0 Å². The number of guanidine groups is 1. The fraction of sp³-hybridized carbons (Fsp3) is 0.375. The maximum absolute atomic E-state index is 5.88. The molecule has 0 amide bonds. The van der Waals surface area contributed by atoms with Crippen LogP contribution in [0.2, 0.25) is 5.02 Å². The average molecular weight is 352 g/mol. The summed E-state index contributed by atoms with van der Waals surface area (Å²) in [7, 11) is 0. The third-order valence-corrected chi connectivity index (χ3v) is 4.25. The number of benzene rings is 1. The molecule has 124 valence electrons. The monoisotopic (exact) mass is 351 g/mol. The molecule has 0 saturated carbocycles. The predicted molar refractivity (Wildman–Crippen MR) is 98.4 cm³/mol. The number of hydrogen-bond donors (Lipinski definition) is 2. The molecular weight excluding hydrogens is 330 g/mol. The smallest absolute Gasteiger partial charge is 0.191 e. The maximum Gasteiger partial charge on any atom is 0.191 e. The number of halogens is 1. The number of nitrogens with zero attached hydrogens (tertiary/aromatic N) is 3. The minimum Gasteiger partial charge on any atom is -0.357 e. The maximum atomic E-state index is 5.88. The van der Waals surface area contributed by atoms with Gasteiger partial charge in [-0.3, -0.25) is 9.67 Å². The lowest BCUT2D eigenvalue weighted by Gasteiger charge is -2.11. The quantitative estimate of drug-likeness (QED) is 0.332. The number of nitrogens with one attached hydrogen (secondary N) is 2. The molecule has 0 radical (unpaired) electrons. The van der Waals surface area contributed by atoms with Gasteiger partial charge in [0.1, 0.15) is 0 Å². The van der Waals surface area contributed by atoms with Gasteiger partial charge in [-0.25, -0.2) is 0 Å². The van der Waals surface area contributed by atoms with Crippen molar-refractivity contribution in [3.63, 3.8) is 0 Å². The van der Waals surface area contributed by atoms with Gasteiger partial charge in [0.2, 0.25) is 0 Å². The molecule has 0 aliphatic heterocycles. The Hall–Kier alpha value is -1.66. The number of rotatable bonds is 8. The zero-order valence-corrected chi connectivity index (χ0v) is 14.8. The number of thioether (sulfide) groups is 1. The molecule has 0 unspecified atom stereocenters. The van der Waals surface area contributed by atoms with Gasteiger partial charge in [0.05, 0.1) is 13.1 Å². The summed E-state index contributed by atoms with van der Waals surface area (Å²) in [5.41, 5.74) is 0. The zero-order valence-electron chi connectivity index (χ0n) is 13.2.